The van der Waals surface area contributed by atoms with Crippen LogP contribution in [0.1, 0.15) is 16.3 Å². The van der Waals surface area contributed by atoms with Gasteiger partial charge in [0, 0.05) is 12.7 Å². The molecule has 1 heterocycles. The molecule has 1 N–H and O–H groups in total. The van der Waals surface area contributed by atoms with Gasteiger partial charge < -0.3 is 9.52 Å². The third-order valence-electron chi connectivity index (χ3n) is 1.59. The van der Waals surface area contributed by atoms with Gasteiger partial charge in [-0.1, -0.05) is 0 Å². The van der Waals surface area contributed by atoms with E-state index in [0.717, 1.165) is 6.26 Å². The standard InChI is InChI=1S/C8H10O5S/c1-14(11,12)5-4-6-2-3-7(13-6)8(9)10/h2-3H,4-5H2,1H3,(H,9,10). The lowest BCUT2D eigenvalue weighted by Gasteiger charge is -1.94. The SMILES string of the molecule is CS(=O)(=O)CCc1ccc(C(=O)O)o1. The summed E-state index contributed by atoms with van der Waals surface area (Å²) in [6.07, 6.45) is 1.32. The van der Waals surface area contributed by atoms with Crippen LogP contribution in [0, 0.1) is 0 Å². The maximum Gasteiger partial charge on any atom is 0.371 e. The lowest BCUT2D eigenvalue weighted by Crippen LogP contribution is -2.05. The molecule has 0 atom stereocenters. The van der Waals surface area contributed by atoms with E-state index in [4.69, 9.17) is 9.52 Å². The topological polar surface area (TPSA) is 84.6 Å². The third-order valence-corrected chi connectivity index (χ3v) is 2.54. The molecule has 0 aliphatic heterocycles. The third kappa shape index (κ3) is 3.21. The molecule has 0 aliphatic carbocycles. The number of furan rings is 1. The summed E-state index contributed by atoms with van der Waals surface area (Å²) in [5.41, 5.74) is 0. The van der Waals surface area contributed by atoms with Crippen molar-refractivity contribution in [2.24, 2.45) is 0 Å². The predicted molar refractivity (Wildman–Crippen MR) is 49.1 cm³/mol. The Morgan fingerprint density at radius 1 is 1.50 bits per heavy atom. The number of carboxylic acid groups (broad SMARTS) is 1. The molecule has 0 radical (unpaired) electrons. The molecule has 5 nitrogen and oxygen atoms in total. The van der Waals surface area contributed by atoms with Crippen LogP contribution in [0.4, 0.5) is 0 Å². The Hall–Kier alpha value is -1.30. The molecule has 1 rings (SSSR count). The number of carboxylic acids is 1. The quantitative estimate of drug-likeness (QED) is 0.798. The van der Waals surface area contributed by atoms with E-state index in [9.17, 15) is 13.2 Å². The van der Waals surface area contributed by atoms with E-state index in [2.05, 4.69) is 0 Å². The van der Waals surface area contributed by atoms with Gasteiger partial charge >= 0.3 is 5.97 Å². The number of aromatic carboxylic acids is 1. The van der Waals surface area contributed by atoms with Crippen LogP contribution in [0.25, 0.3) is 0 Å². The highest BCUT2D eigenvalue weighted by molar-refractivity contribution is 7.90. The van der Waals surface area contributed by atoms with E-state index in [-0.39, 0.29) is 17.9 Å². The normalized spacial score (nSPS) is 11.5. The van der Waals surface area contributed by atoms with Crippen LogP contribution in [-0.2, 0) is 16.3 Å². The van der Waals surface area contributed by atoms with Crippen LogP contribution in [0.15, 0.2) is 16.5 Å². The molecule has 0 unspecified atom stereocenters. The van der Waals surface area contributed by atoms with Crippen LogP contribution in [0.2, 0.25) is 0 Å². The Kier molecular flexibility index (Phi) is 2.95. The number of rotatable bonds is 4. The molecule has 78 valence electrons. The molecule has 0 saturated heterocycles. The molecular weight excluding hydrogens is 208 g/mol. The highest BCUT2D eigenvalue weighted by Gasteiger charge is 2.10. The maximum atomic E-state index is 10.8. The Bertz CT molecular complexity index is 428. The zero-order valence-corrected chi connectivity index (χ0v) is 8.37. The summed E-state index contributed by atoms with van der Waals surface area (Å²) in [4.78, 5) is 10.4. The van der Waals surface area contributed by atoms with Crippen molar-refractivity contribution < 1.29 is 22.7 Å². The second-order valence-electron chi connectivity index (χ2n) is 2.95. The van der Waals surface area contributed by atoms with Crippen LogP contribution in [0.5, 0.6) is 0 Å². The fourth-order valence-corrected chi connectivity index (χ4v) is 1.49. The minimum absolute atomic E-state index is 0.0421. The average molecular weight is 218 g/mol. The van der Waals surface area contributed by atoms with E-state index in [1.54, 1.807) is 0 Å². The summed E-state index contributed by atoms with van der Waals surface area (Å²) in [5.74, 6) is -1.00. The molecule has 0 amide bonds. The highest BCUT2D eigenvalue weighted by atomic mass is 32.2. The van der Waals surface area contributed by atoms with Gasteiger partial charge in [-0.25, -0.2) is 13.2 Å². The van der Waals surface area contributed by atoms with Gasteiger partial charge in [-0.2, -0.15) is 0 Å². The molecule has 0 saturated carbocycles. The Morgan fingerprint density at radius 3 is 2.57 bits per heavy atom. The first-order chi connectivity index (χ1) is 6.38. The van der Waals surface area contributed by atoms with Gasteiger partial charge in [0.05, 0.1) is 5.75 Å². The number of hydrogen-bond acceptors (Lipinski definition) is 4. The lowest BCUT2D eigenvalue weighted by molar-refractivity contribution is 0.0660. The number of aryl methyl sites for hydroxylation is 1. The fraction of sp³-hybridized carbons (Fsp3) is 0.375. The first kappa shape index (κ1) is 10.8. The number of sulfone groups is 1. The summed E-state index contributed by atoms with van der Waals surface area (Å²) >= 11 is 0. The second kappa shape index (κ2) is 3.83. The van der Waals surface area contributed by atoms with Crippen molar-refractivity contribution in [1.29, 1.82) is 0 Å². The molecule has 0 fully saturated rings. The van der Waals surface area contributed by atoms with E-state index in [1.165, 1.54) is 12.1 Å². The van der Waals surface area contributed by atoms with Crippen LogP contribution < -0.4 is 0 Å². The Balaban J connectivity index is 2.65. The summed E-state index contributed by atoms with van der Waals surface area (Å²) in [7, 11) is -3.04. The summed E-state index contributed by atoms with van der Waals surface area (Å²) in [6.45, 7) is 0. The number of carbonyl (C=O) groups is 1. The van der Waals surface area contributed by atoms with Gasteiger partial charge in [0.15, 0.2) is 0 Å². The van der Waals surface area contributed by atoms with Crippen molar-refractivity contribution in [3.05, 3.63) is 23.7 Å². The summed E-state index contributed by atoms with van der Waals surface area (Å²) in [6, 6.07) is 2.77. The first-order valence-corrected chi connectivity index (χ1v) is 5.94. The molecule has 0 aromatic carbocycles. The van der Waals surface area contributed by atoms with Crippen LogP contribution in [-0.4, -0.2) is 31.5 Å². The molecule has 14 heavy (non-hydrogen) atoms. The van der Waals surface area contributed by atoms with Gasteiger partial charge in [-0.3, -0.25) is 0 Å². The first-order valence-electron chi connectivity index (χ1n) is 3.88. The van der Waals surface area contributed by atoms with Gasteiger partial charge in [0.2, 0.25) is 5.76 Å². The van der Waals surface area contributed by atoms with Crippen LogP contribution >= 0.6 is 0 Å². The van der Waals surface area contributed by atoms with Crippen molar-refractivity contribution >= 4 is 15.8 Å². The van der Waals surface area contributed by atoms with E-state index in [1.807, 2.05) is 0 Å². The predicted octanol–water partition coefficient (Wildman–Crippen LogP) is 0.565. The molecule has 1 aromatic rings. The zero-order valence-electron chi connectivity index (χ0n) is 7.56. The van der Waals surface area contributed by atoms with Gasteiger partial charge in [-0.05, 0) is 12.1 Å². The Labute approximate surface area is 81.3 Å². The molecule has 0 aliphatic rings. The summed E-state index contributed by atoms with van der Waals surface area (Å²) in [5, 5.41) is 8.51. The monoisotopic (exact) mass is 218 g/mol. The van der Waals surface area contributed by atoms with Crippen LogP contribution in [0.3, 0.4) is 0 Å². The minimum Gasteiger partial charge on any atom is -0.475 e. The van der Waals surface area contributed by atoms with Gasteiger partial charge in [0.1, 0.15) is 15.6 Å². The fourth-order valence-electron chi connectivity index (χ4n) is 0.913. The van der Waals surface area contributed by atoms with E-state index < -0.39 is 15.8 Å². The minimum atomic E-state index is -3.04. The zero-order chi connectivity index (χ0) is 10.8. The van der Waals surface area contributed by atoms with Crippen molar-refractivity contribution in [1.82, 2.24) is 0 Å². The number of hydrogen-bond donors (Lipinski definition) is 1. The smallest absolute Gasteiger partial charge is 0.371 e. The van der Waals surface area contributed by atoms with E-state index in [0.29, 0.717) is 5.76 Å². The molecule has 1 aromatic heterocycles. The Morgan fingerprint density at radius 2 is 2.14 bits per heavy atom. The van der Waals surface area contributed by atoms with E-state index >= 15 is 0 Å². The molecule has 0 bridgehead atoms. The highest BCUT2D eigenvalue weighted by Crippen LogP contribution is 2.09. The molecule has 0 spiro atoms. The van der Waals surface area contributed by atoms with Crippen molar-refractivity contribution in [2.75, 3.05) is 12.0 Å². The van der Waals surface area contributed by atoms with Crippen molar-refractivity contribution in [3.8, 4) is 0 Å². The lowest BCUT2D eigenvalue weighted by atomic mass is 10.3. The van der Waals surface area contributed by atoms with Crippen molar-refractivity contribution in [3.63, 3.8) is 0 Å². The van der Waals surface area contributed by atoms with Gasteiger partial charge in [-0.15, -0.1) is 0 Å². The molecule has 6 heteroatoms. The maximum absolute atomic E-state index is 10.8. The average Bonchev–Trinajstić information content (AvgIpc) is 2.47. The largest absolute Gasteiger partial charge is 0.475 e. The summed E-state index contributed by atoms with van der Waals surface area (Å²) < 4.78 is 26.5. The van der Waals surface area contributed by atoms with Crippen molar-refractivity contribution in [2.45, 2.75) is 6.42 Å². The molecular formula is C8H10O5S. The van der Waals surface area contributed by atoms with Gasteiger partial charge in [0.25, 0.3) is 0 Å². The second-order valence-corrected chi connectivity index (χ2v) is 5.21.